The number of hydrogen-bond donors (Lipinski definition) is 0. The van der Waals surface area contributed by atoms with Crippen LogP contribution in [-0.2, 0) is 102 Å². The van der Waals surface area contributed by atoms with Gasteiger partial charge in [-0.25, -0.2) is 0 Å². The molecule has 0 N–H and O–H groups in total. The Labute approximate surface area is 563 Å². The SMILES string of the molecule is Cc1ccc(S(=O)(=O)OCCOCCOc2c3cccc2Cc2cccc(c2OCCOCCOS(=O)(=O)c2ccc(C)cc2)Cc2cccc(c2OCCOCCOS(=O)(=O)c2ccc(C)cc2)Cc2cccc(c2OCCOCCOS(=O)(=O)c2ccc(C)cc2)C3)cc1. The zero-order chi connectivity index (χ0) is 68.0. The second-order valence-corrected chi connectivity index (χ2v) is 29.0. The second-order valence-electron chi connectivity index (χ2n) is 22.5. The van der Waals surface area contributed by atoms with Gasteiger partial charge in [0.1, 0.15) is 49.4 Å². The quantitative estimate of drug-likeness (QED) is 0.0261. The second kappa shape index (κ2) is 35.1. The highest BCUT2D eigenvalue weighted by Crippen LogP contribution is 2.39. The van der Waals surface area contributed by atoms with Gasteiger partial charge in [-0.1, -0.05) is 144 Å². The van der Waals surface area contributed by atoms with Gasteiger partial charge in [-0.2, -0.15) is 33.7 Å². The maximum Gasteiger partial charge on any atom is 0.297 e. The predicted octanol–water partition coefficient (Wildman–Crippen LogP) is 10.8. The predicted molar refractivity (Wildman–Crippen MR) is 360 cm³/mol. The van der Waals surface area contributed by atoms with Gasteiger partial charge in [0.25, 0.3) is 40.5 Å². The molecule has 8 aromatic carbocycles. The maximum absolute atomic E-state index is 12.9. The molecule has 1 aliphatic rings. The van der Waals surface area contributed by atoms with Crippen LogP contribution in [0.2, 0.25) is 0 Å². The third-order valence-corrected chi connectivity index (χ3v) is 20.5. The van der Waals surface area contributed by atoms with E-state index in [2.05, 4.69) is 0 Å². The molecule has 0 radical (unpaired) electrons. The van der Waals surface area contributed by atoms with Crippen LogP contribution in [-0.4, -0.2) is 139 Å². The first-order valence-corrected chi connectivity index (χ1v) is 37.0. The third-order valence-electron chi connectivity index (χ3n) is 15.2. The van der Waals surface area contributed by atoms with Gasteiger partial charge in [-0.3, -0.25) is 16.7 Å². The van der Waals surface area contributed by atoms with Crippen LogP contribution in [0.1, 0.15) is 66.8 Å². The molecule has 20 nitrogen and oxygen atoms in total. The summed E-state index contributed by atoms with van der Waals surface area (Å²) in [6, 6.07) is 49.2. The van der Waals surface area contributed by atoms with Crippen LogP contribution in [0.15, 0.2) is 189 Å². The molecule has 8 bridgehead atoms. The minimum Gasteiger partial charge on any atom is -0.491 e. The number of aryl methyl sites for hydroxylation is 4. The van der Waals surface area contributed by atoms with Crippen molar-refractivity contribution in [3.63, 3.8) is 0 Å². The lowest BCUT2D eigenvalue weighted by atomic mass is 9.91. The highest BCUT2D eigenvalue weighted by molar-refractivity contribution is 7.87. The van der Waals surface area contributed by atoms with Crippen LogP contribution in [0, 0.1) is 27.7 Å². The molecule has 24 heteroatoms. The van der Waals surface area contributed by atoms with Crippen molar-refractivity contribution in [1.82, 2.24) is 0 Å². The summed E-state index contributed by atoms with van der Waals surface area (Å²) in [7, 11) is -16.0. The van der Waals surface area contributed by atoms with Crippen LogP contribution in [0.25, 0.3) is 0 Å². The Bertz CT molecular complexity index is 3660. The molecule has 1 aliphatic carbocycles. The third kappa shape index (κ3) is 21.2. The molecule has 0 fully saturated rings. The Morgan fingerprint density at radius 1 is 0.229 bits per heavy atom. The van der Waals surface area contributed by atoms with E-state index >= 15 is 0 Å². The van der Waals surface area contributed by atoms with Crippen molar-refractivity contribution < 1.29 is 88.3 Å². The minimum atomic E-state index is -4.01. The molecular formula is C72H80O20S4. The van der Waals surface area contributed by atoms with Crippen molar-refractivity contribution in [2.75, 3.05) is 106 Å². The molecule has 8 aromatic rings. The smallest absolute Gasteiger partial charge is 0.297 e. The van der Waals surface area contributed by atoms with Gasteiger partial charge >= 0.3 is 0 Å². The zero-order valence-corrected chi connectivity index (χ0v) is 57.4. The summed E-state index contributed by atoms with van der Waals surface area (Å²) in [5.41, 5.74) is 10.1. The van der Waals surface area contributed by atoms with Gasteiger partial charge in [0.2, 0.25) is 0 Å². The fourth-order valence-corrected chi connectivity index (χ4v) is 13.9. The van der Waals surface area contributed by atoms with E-state index in [1.54, 1.807) is 48.5 Å². The van der Waals surface area contributed by atoms with Crippen molar-refractivity contribution in [1.29, 1.82) is 0 Å². The lowest BCUT2D eigenvalue weighted by Crippen LogP contribution is -2.16. The molecule has 0 amide bonds. The van der Waals surface area contributed by atoms with Crippen LogP contribution in [0.3, 0.4) is 0 Å². The number of para-hydroxylation sites is 4. The first-order valence-electron chi connectivity index (χ1n) is 31.3. The first-order chi connectivity index (χ1) is 46.2. The van der Waals surface area contributed by atoms with Crippen molar-refractivity contribution in [2.45, 2.75) is 73.0 Å². The lowest BCUT2D eigenvalue weighted by molar-refractivity contribution is 0.0769. The van der Waals surface area contributed by atoms with E-state index in [-0.39, 0.29) is 125 Å². The van der Waals surface area contributed by atoms with E-state index in [0.717, 1.165) is 66.8 Å². The van der Waals surface area contributed by atoms with Crippen molar-refractivity contribution in [2.24, 2.45) is 0 Å². The molecular weight excluding hydrogens is 1310 g/mol. The van der Waals surface area contributed by atoms with Gasteiger partial charge < -0.3 is 37.9 Å². The summed E-state index contributed by atoms with van der Waals surface area (Å²) < 4.78 is 175. The average Bonchev–Trinajstić information content (AvgIpc) is 0.801. The summed E-state index contributed by atoms with van der Waals surface area (Å²) in [6.45, 7) is 7.13. The molecule has 96 heavy (non-hydrogen) atoms. The summed E-state index contributed by atoms with van der Waals surface area (Å²) in [5, 5.41) is 0. The Morgan fingerprint density at radius 3 is 0.573 bits per heavy atom. The minimum absolute atomic E-state index is 0.0296. The Hall–Kier alpha value is -7.56. The van der Waals surface area contributed by atoms with Gasteiger partial charge in [0.05, 0.1) is 98.9 Å². The van der Waals surface area contributed by atoms with Crippen LogP contribution >= 0.6 is 0 Å². The van der Waals surface area contributed by atoms with E-state index in [1.807, 2.05) is 100 Å². The van der Waals surface area contributed by atoms with Crippen molar-refractivity contribution in [3.8, 4) is 23.0 Å². The van der Waals surface area contributed by atoms with E-state index in [1.165, 1.54) is 48.5 Å². The molecule has 0 heterocycles. The van der Waals surface area contributed by atoms with Gasteiger partial charge in [0, 0.05) is 25.7 Å². The Balaban J connectivity index is 0.975. The molecule has 0 saturated carbocycles. The zero-order valence-electron chi connectivity index (χ0n) is 54.1. The first kappa shape index (κ1) is 72.7. The Kier molecular flexibility index (Phi) is 26.6. The lowest BCUT2D eigenvalue weighted by Gasteiger charge is -2.23. The summed E-state index contributed by atoms with van der Waals surface area (Å²) in [6.07, 6.45) is 1.27. The van der Waals surface area contributed by atoms with E-state index in [0.29, 0.717) is 48.7 Å². The molecule has 0 unspecified atom stereocenters. The normalized spacial score (nSPS) is 12.7. The monoisotopic (exact) mass is 1390 g/mol. The highest BCUT2D eigenvalue weighted by Gasteiger charge is 2.24. The van der Waals surface area contributed by atoms with E-state index in [4.69, 9.17) is 54.6 Å². The van der Waals surface area contributed by atoms with E-state index in [9.17, 15) is 33.7 Å². The largest absolute Gasteiger partial charge is 0.491 e. The molecule has 9 rings (SSSR count). The average molecular weight is 1390 g/mol. The molecule has 0 aromatic heterocycles. The van der Waals surface area contributed by atoms with Crippen molar-refractivity contribution in [3.05, 3.63) is 237 Å². The molecule has 0 spiro atoms. The fourth-order valence-electron chi connectivity index (χ4n) is 10.3. The number of rotatable bonds is 36. The highest BCUT2D eigenvalue weighted by atomic mass is 32.2. The van der Waals surface area contributed by atoms with Crippen molar-refractivity contribution >= 4 is 40.5 Å². The Morgan fingerprint density at radius 2 is 0.396 bits per heavy atom. The van der Waals surface area contributed by atoms with Gasteiger partial charge in [0.15, 0.2) is 0 Å². The number of fused-ring (bicyclic) bond motifs is 8. The van der Waals surface area contributed by atoms with E-state index < -0.39 is 40.5 Å². The summed E-state index contributed by atoms with van der Waals surface area (Å²) in [4.78, 5) is 0.182. The number of ether oxygens (including phenoxy) is 8. The molecule has 512 valence electrons. The molecule has 0 atom stereocenters. The van der Waals surface area contributed by atoms with Gasteiger partial charge in [-0.15, -0.1) is 0 Å². The molecule has 0 aliphatic heterocycles. The number of benzene rings is 8. The van der Waals surface area contributed by atoms with Crippen LogP contribution < -0.4 is 18.9 Å². The van der Waals surface area contributed by atoms with Crippen LogP contribution in [0.4, 0.5) is 0 Å². The summed E-state index contributed by atoms with van der Waals surface area (Å²) >= 11 is 0. The standard InChI is InChI=1S/C72H80O20S4/c1-53-17-25-65(26-18-53)93(73,74)89-45-37-81-33-41-85-69-57-9-5-10-58(69)50-60-12-7-14-62(71(60)87-43-35-83-39-47-91-95(77,78)67-29-21-55(3)22-30-67)52-64-16-8-15-63(72(64)88-44-36-84-40-48-92-96(79,80)68-31-23-56(4)24-32-68)51-61-13-6-11-59(49-57)70(61)86-42-34-82-38-46-90-94(75,76)66-27-19-54(2)20-28-66/h5-32H,33-52H2,1-4H3. The maximum atomic E-state index is 12.9. The van der Waals surface area contributed by atoms with Gasteiger partial charge in [-0.05, 0) is 121 Å². The summed E-state index contributed by atoms with van der Waals surface area (Å²) in [5.74, 6) is 2.31. The fraction of sp³-hybridized carbons (Fsp3) is 0.333. The number of hydrogen-bond acceptors (Lipinski definition) is 20. The van der Waals surface area contributed by atoms with Crippen LogP contribution in [0.5, 0.6) is 23.0 Å². The topological polar surface area (TPSA) is 247 Å². The molecule has 0 saturated heterocycles.